The maximum atomic E-state index is 12.5. The maximum absolute atomic E-state index is 12.5. The van der Waals surface area contributed by atoms with E-state index in [2.05, 4.69) is 5.32 Å². The number of nitrogens with one attached hydrogen (secondary N) is 1. The number of rotatable bonds is 7. The van der Waals surface area contributed by atoms with Gasteiger partial charge in [-0.3, -0.25) is 9.59 Å². The van der Waals surface area contributed by atoms with Crippen LogP contribution in [0.5, 0.6) is 5.75 Å². The zero-order valence-corrected chi connectivity index (χ0v) is 14.5. The van der Waals surface area contributed by atoms with E-state index < -0.39 is 0 Å². The van der Waals surface area contributed by atoms with Gasteiger partial charge >= 0.3 is 0 Å². The largest absolute Gasteiger partial charge is 0.484 e. The Morgan fingerprint density at radius 2 is 2.08 bits per heavy atom. The molecule has 1 N–H and O–H groups in total. The Morgan fingerprint density at radius 3 is 2.79 bits per heavy atom. The van der Waals surface area contributed by atoms with Crippen molar-refractivity contribution in [1.82, 2.24) is 15.1 Å². The molecule has 1 fully saturated rings. The maximum Gasteiger partial charge on any atom is 0.260 e. The first-order chi connectivity index (χ1) is 11.6. The molecule has 0 bridgehead atoms. The van der Waals surface area contributed by atoms with Gasteiger partial charge in [0.05, 0.1) is 5.92 Å². The van der Waals surface area contributed by atoms with Crippen molar-refractivity contribution >= 4 is 11.8 Å². The van der Waals surface area contributed by atoms with Crippen molar-refractivity contribution in [1.29, 1.82) is 0 Å². The molecular formula is C18H27N3O3. The molecule has 1 unspecified atom stereocenters. The zero-order chi connectivity index (χ0) is 17.4. The third kappa shape index (κ3) is 5.23. The topological polar surface area (TPSA) is 61.9 Å². The number of ether oxygens (including phenoxy) is 1. The molecule has 1 heterocycles. The zero-order valence-electron chi connectivity index (χ0n) is 14.5. The average Bonchev–Trinajstić information content (AvgIpc) is 2.64. The van der Waals surface area contributed by atoms with Crippen LogP contribution in [0.25, 0.3) is 0 Å². The normalized spacial score (nSPS) is 17.4. The third-order valence-corrected chi connectivity index (χ3v) is 4.30. The second-order valence-electron chi connectivity index (χ2n) is 6.14. The summed E-state index contributed by atoms with van der Waals surface area (Å²) in [6.45, 7) is 2.64. The lowest BCUT2D eigenvalue weighted by molar-refractivity contribution is -0.141. The van der Waals surface area contributed by atoms with Gasteiger partial charge in [0.15, 0.2) is 6.61 Å². The number of likely N-dealkylation sites (tertiary alicyclic amines) is 1. The van der Waals surface area contributed by atoms with Crippen LogP contribution in [0.1, 0.15) is 12.8 Å². The van der Waals surface area contributed by atoms with Gasteiger partial charge in [0, 0.05) is 33.2 Å². The predicted molar refractivity (Wildman–Crippen MR) is 92.8 cm³/mol. The SMILES string of the molecule is CNCCN(C)C(=O)C1CCCN(C(=O)COc2ccccc2)C1. The van der Waals surface area contributed by atoms with Crippen molar-refractivity contribution in [3.05, 3.63) is 30.3 Å². The molecule has 0 aromatic heterocycles. The number of nitrogens with zero attached hydrogens (tertiary/aromatic N) is 2. The van der Waals surface area contributed by atoms with Crippen molar-refractivity contribution in [2.24, 2.45) is 5.92 Å². The van der Waals surface area contributed by atoms with E-state index in [4.69, 9.17) is 4.74 Å². The van der Waals surface area contributed by atoms with Gasteiger partial charge in [-0.25, -0.2) is 0 Å². The van der Waals surface area contributed by atoms with Crippen LogP contribution in [0.4, 0.5) is 0 Å². The summed E-state index contributed by atoms with van der Waals surface area (Å²) >= 11 is 0. The first-order valence-corrected chi connectivity index (χ1v) is 8.47. The summed E-state index contributed by atoms with van der Waals surface area (Å²) in [6, 6.07) is 9.30. The Labute approximate surface area is 143 Å². The first-order valence-electron chi connectivity index (χ1n) is 8.47. The Morgan fingerprint density at radius 1 is 1.33 bits per heavy atom. The number of piperidine rings is 1. The fraction of sp³-hybridized carbons (Fsp3) is 0.556. The van der Waals surface area contributed by atoms with Crippen LogP contribution in [0, 0.1) is 5.92 Å². The van der Waals surface area contributed by atoms with Gasteiger partial charge in [0.25, 0.3) is 5.91 Å². The molecule has 0 spiro atoms. The minimum atomic E-state index is -0.110. The van der Waals surface area contributed by atoms with E-state index in [9.17, 15) is 9.59 Å². The van der Waals surface area contributed by atoms with Gasteiger partial charge in [0.2, 0.25) is 5.91 Å². The molecule has 0 aliphatic carbocycles. The molecule has 1 aliphatic rings. The summed E-state index contributed by atoms with van der Waals surface area (Å²) < 4.78 is 5.52. The van der Waals surface area contributed by atoms with Crippen molar-refractivity contribution in [2.45, 2.75) is 12.8 Å². The molecule has 2 rings (SSSR count). The van der Waals surface area contributed by atoms with Gasteiger partial charge in [-0.1, -0.05) is 18.2 Å². The van der Waals surface area contributed by atoms with Crippen molar-refractivity contribution in [3.63, 3.8) is 0 Å². The lowest BCUT2D eigenvalue weighted by Gasteiger charge is -2.34. The first kappa shape index (κ1) is 18.3. The lowest BCUT2D eigenvalue weighted by Crippen LogP contribution is -2.47. The molecule has 6 heteroatoms. The minimum absolute atomic E-state index is 0.0144. The second-order valence-corrected chi connectivity index (χ2v) is 6.14. The van der Waals surface area contributed by atoms with E-state index in [-0.39, 0.29) is 24.3 Å². The fourth-order valence-corrected chi connectivity index (χ4v) is 2.86. The van der Waals surface area contributed by atoms with E-state index in [1.807, 2.05) is 44.4 Å². The van der Waals surface area contributed by atoms with E-state index in [1.54, 1.807) is 9.80 Å². The number of benzene rings is 1. The average molecular weight is 333 g/mol. The van der Waals surface area contributed by atoms with Crippen molar-refractivity contribution in [3.8, 4) is 5.75 Å². The summed E-state index contributed by atoms with van der Waals surface area (Å²) in [5, 5.41) is 3.04. The van der Waals surface area contributed by atoms with Gasteiger partial charge in [-0.2, -0.15) is 0 Å². The van der Waals surface area contributed by atoms with E-state index in [0.717, 1.165) is 19.4 Å². The van der Waals surface area contributed by atoms with Crippen LogP contribution in [0.3, 0.4) is 0 Å². The number of likely N-dealkylation sites (N-methyl/N-ethyl adjacent to an activating group) is 2. The van der Waals surface area contributed by atoms with Gasteiger partial charge in [-0.15, -0.1) is 0 Å². The van der Waals surface area contributed by atoms with Crippen molar-refractivity contribution in [2.75, 3.05) is 46.9 Å². The van der Waals surface area contributed by atoms with Crippen LogP contribution >= 0.6 is 0 Å². The fourth-order valence-electron chi connectivity index (χ4n) is 2.86. The summed E-state index contributed by atoms with van der Waals surface area (Å²) in [5.41, 5.74) is 0. The number of para-hydroxylation sites is 1. The van der Waals surface area contributed by atoms with Gasteiger partial charge in [0.1, 0.15) is 5.75 Å². The van der Waals surface area contributed by atoms with Gasteiger partial charge in [-0.05, 0) is 32.0 Å². The molecule has 24 heavy (non-hydrogen) atoms. The van der Waals surface area contributed by atoms with Crippen LogP contribution in [0.2, 0.25) is 0 Å². The molecule has 6 nitrogen and oxygen atoms in total. The van der Waals surface area contributed by atoms with Crippen molar-refractivity contribution < 1.29 is 14.3 Å². The molecule has 1 atom stereocenters. The van der Waals surface area contributed by atoms with E-state index in [0.29, 0.717) is 25.4 Å². The second kappa shape index (κ2) is 9.27. The molecule has 2 amide bonds. The highest BCUT2D eigenvalue weighted by Gasteiger charge is 2.30. The Kier molecular flexibility index (Phi) is 7.06. The lowest BCUT2D eigenvalue weighted by atomic mass is 9.96. The smallest absolute Gasteiger partial charge is 0.260 e. The van der Waals surface area contributed by atoms with E-state index >= 15 is 0 Å². The Bertz CT molecular complexity index is 536. The summed E-state index contributed by atoms with van der Waals surface area (Å²) in [5.74, 6) is 0.629. The highest BCUT2D eigenvalue weighted by Crippen LogP contribution is 2.19. The van der Waals surface area contributed by atoms with Crippen LogP contribution < -0.4 is 10.1 Å². The summed E-state index contributed by atoms with van der Waals surface area (Å²) in [4.78, 5) is 28.3. The van der Waals surface area contributed by atoms with Crippen LogP contribution in [-0.2, 0) is 9.59 Å². The quantitative estimate of drug-likeness (QED) is 0.808. The third-order valence-electron chi connectivity index (χ3n) is 4.30. The number of hydrogen-bond donors (Lipinski definition) is 1. The minimum Gasteiger partial charge on any atom is -0.484 e. The molecule has 132 valence electrons. The Hall–Kier alpha value is -2.08. The monoisotopic (exact) mass is 333 g/mol. The molecule has 1 aromatic rings. The predicted octanol–water partition coefficient (Wildman–Crippen LogP) is 0.982. The molecule has 1 aromatic carbocycles. The number of hydrogen-bond acceptors (Lipinski definition) is 4. The molecular weight excluding hydrogens is 306 g/mol. The molecule has 1 aliphatic heterocycles. The summed E-state index contributed by atoms with van der Waals surface area (Å²) in [7, 11) is 3.69. The molecule has 1 saturated heterocycles. The highest BCUT2D eigenvalue weighted by molar-refractivity contribution is 5.82. The summed E-state index contributed by atoms with van der Waals surface area (Å²) in [6.07, 6.45) is 1.69. The standard InChI is InChI=1S/C18H27N3O3/c1-19-10-12-20(2)18(23)15-7-6-11-21(13-15)17(22)14-24-16-8-4-3-5-9-16/h3-5,8-9,15,19H,6-7,10-14H2,1-2H3. The highest BCUT2D eigenvalue weighted by atomic mass is 16.5. The molecule has 0 radical (unpaired) electrons. The number of carbonyl (C=O) groups is 2. The van der Waals surface area contributed by atoms with E-state index in [1.165, 1.54) is 0 Å². The van der Waals surface area contributed by atoms with Crippen LogP contribution in [-0.4, -0.2) is 68.5 Å². The number of amides is 2. The Balaban J connectivity index is 1.83. The van der Waals surface area contributed by atoms with Gasteiger partial charge < -0.3 is 19.9 Å². The molecule has 0 saturated carbocycles. The number of carbonyl (C=O) groups excluding carboxylic acids is 2. The van der Waals surface area contributed by atoms with Crippen LogP contribution in [0.15, 0.2) is 30.3 Å².